The van der Waals surface area contributed by atoms with Crippen LogP contribution in [0.1, 0.15) is 26.5 Å². The molecule has 0 amide bonds. The minimum absolute atomic E-state index is 0.210. The molecule has 0 saturated heterocycles. The molecule has 0 aliphatic rings. The van der Waals surface area contributed by atoms with E-state index >= 15 is 0 Å². The Morgan fingerprint density at radius 3 is 2.32 bits per heavy atom. The number of rotatable bonds is 2. The SMILES string of the molecule is Cn1c(=O)n(CC(=O)OC(C)(C)C)c(=O)c2ccc(C(F)(F)F)nc21. The molecule has 0 saturated carbocycles. The number of carbonyl (C=O) groups is 1. The molecular weight excluding hydrogens is 343 g/mol. The summed E-state index contributed by atoms with van der Waals surface area (Å²) in [6.45, 7) is 4.21. The van der Waals surface area contributed by atoms with Crippen LogP contribution in [0.2, 0.25) is 0 Å². The molecule has 2 rings (SSSR count). The number of esters is 1. The van der Waals surface area contributed by atoms with Gasteiger partial charge in [0.15, 0.2) is 0 Å². The molecule has 0 atom stereocenters. The van der Waals surface area contributed by atoms with E-state index in [1.54, 1.807) is 20.8 Å². The van der Waals surface area contributed by atoms with E-state index in [2.05, 4.69) is 4.98 Å². The van der Waals surface area contributed by atoms with Crippen LogP contribution in [0.15, 0.2) is 21.7 Å². The number of hydrogen-bond donors (Lipinski definition) is 0. The quantitative estimate of drug-likeness (QED) is 0.758. The molecule has 0 fully saturated rings. The summed E-state index contributed by atoms with van der Waals surface area (Å²) in [7, 11) is 1.17. The van der Waals surface area contributed by atoms with E-state index in [1.807, 2.05) is 0 Å². The molecule has 0 aromatic carbocycles. The third kappa shape index (κ3) is 3.89. The summed E-state index contributed by atoms with van der Waals surface area (Å²) in [5, 5.41) is -0.210. The first-order valence-electron chi connectivity index (χ1n) is 7.21. The van der Waals surface area contributed by atoms with Crippen LogP contribution in [-0.2, 0) is 29.3 Å². The first-order valence-corrected chi connectivity index (χ1v) is 7.21. The van der Waals surface area contributed by atoms with Gasteiger partial charge in [-0.25, -0.2) is 14.3 Å². The van der Waals surface area contributed by atoms with E-state index in [0.29, 0.717) is 10.6 Å². The van der Waals surface area contributed by atoms with Crippen molar-refractivity contribution in [2.45, 2.75) is 39.1 Å². The van der Waals surface area contributed by atoms with Crippen LogP contribution >= 0.6 is 0 Å². The van der Waals surface area contributed by atoms with Crippen molar-refractivity contribution >= 4 is 17.0 Å². The molecule has 0 aliphatic heterocycles. The Kier molecular flexibility index (Phi) is 4.49. The van der Waals surface area contributed by atoms with Crippen molar-refractivity contribution in [2.75, 3.05) is 0 Å². The fourth-order valence-corrected chi connectivity index (χ4v) is 2.18. The zero-order valence-corrected chi connectivity index (χ0v) is 14.0. The van der Waals surface area contributed by atoms with Gasteiger partial charge in [-0.15, -0.1) is 0 Å². The molecule has 7 nitrogen and oxygen atoms in total. The number of alkyl halides is 3. The summed E-state index contributed by atoms with van der Waals surface area (Å²) in [5.41, 5.74) is -4.32. The van der Waals surface area contributed by atoms with E-state index < -0.39 is 46.9 Å². The largest absolute Gasteiger partial charge is 0.459 e. The summed E-state index contributed by atoms with van der Waals surface area (Å²) in [5.74, 6) is -0.814. The van der Waals surface area contributed by atoms with Gasteiger partial charge in [0.2, 0.25) is 0 Å². The maximum atomic E-state index is 12.8. The van der Waals surface area contributed by atoms with Gasteiger partial charge in [-0.3, -0.25) is 14.2 Å². The van der Waals surface area contributed by atoms with Gasteiger partial charge in [0.1, 0.15) is 23.5 Å². The fraction of sp³-hybridized carbons (Fsp3) is 0.467. The van der Waals surface area contributed by atoms with Gasteiger partial charge in [0, 0.05) is 7.05 Å². The molecule has 25 heavy (non-hydrogen) atoms. The van der Waals surface area contributed by atoms with Gasteiger partial charge in [-0.2, -0.15) is 13.2 Å². The first kappa shape index (κ1) is 18.7. The maximum absolute atomic E-state index is 12.8. The van der Waals surface area contributed by atoms with Gasteiger partial charge in [0.05, 0.1) is 5.39 Å². The molecule has 0 spiro atoms. The minimum Gasteiger partial charge on any atom is -0.459 e. The normalized spacial score (nSPS) is 12.4. The molecule has 2 heterocycles. The van der Waals surface area contributed by atoms with Gasteiger partial charge < -0.3 is 4.74 Å². The van der Waals surface area contributed by atoms with Crippen LogP contribution in [0.3, 0.4) is 0 Å². The van der Waals surface area contributed by atoms with Crippen molar-refractivity contribution in [1.82, 2.24) is 14.1 Å². The molecule has 0 N–H and O–H groups in total. The van der Waals surface area contributed by atoms with E-state index in [4.69, 9.17) is 4.74 Å². The molecule has 10 heteroatoms. The highest BCUT2D eigenvalue weighted by Crippen LogP contribution is 2.28. The summed E-state index contributed by atoms with van der Waals surface area (Å²) >= 11 is 0. The number of carbonyl (C=O) groups excluding carboxylic acids is 1. The zero-order chi connectivity index (χ0) is 19.2. The highest BCUT2D eigenvalue weighted by molar-refractivity contribution is 5.75. The third-order valence-electron chi connectivity index (χ3n) is 3.18. The fourth-order valence-electron chi connectivity index (χ4n) is 2.18. The van der Waals surface area contributed by atoms with E-state index in [9.17, 15) is 27.6 Å². The molecule has 0 unspecified atom stereocenters. The maximum Gasteiger partial charge on any atom is 0.433 e. The Balaban J connectivity index is 2.60. The lowest BCUT2D eigenvalue weighted by Crippen LogP contribution is -2.42. The van der Waals surface area contributed by atoms with Crippen molar-refractivity contribution in [3.63, 3.8) is 0 Å². The first-order chi connectivity index (χ1) is 11.3. The Bertz CT molecular complexity index is 952. The second kappa shape index (κ2) is 6.01. The Labute approximate surface area is 139 Å². The molecule has 0 aliphatic carbocycles. The number of nitrogens with zero attached hydrogens (tertiary/aromatic N) is 3. The van der Waals surface area contributed by atoms with Gasteiger partial charge >= 0.3 is 17.8 Å². The molecule has 2 aromatic rings. The highest BCUT2D eigenvalue weighted by atomic mass is 19.4. The van der Waals surface area contributed by atoms with Crippen LogP contribution in [-0.4, -0.2) is 25.7 Å². The Morgan fingerprint density at radius 1 is 1.20 bits per heavy atom. The second-order valence-corrected chi connectivity index (χ2v) is 6.38. The number of pyridine rings is 1. The standard InChI is InChI=1S/C15H16F3N3O4/c1-14(2,3)25-10(22)7-21-12(23)8-5-6-9(15(16,17)18)19-11(8)20(4)13(21)24/h5-6H,7H2,1-4H3. The van der Waals surface area contributed by atoms with Gasteiger partial charge in [-0.05, 0) is 32.9 Å². The third-order valence-corrected chi connectivity index (χ3v) is 3.18. The Hall–Kier alpha value is -2.65. The van der Waals surface area contributed by atoms with Crippen molar-refractivity contribution < 1.29 is 22.7 Å². The molecule has 2 aromatic heterocycles. The van der Waals surface area contributed by atoms with Crippen molar-refractivity contribution in [1.29, 1.82) is 0 Å². The summed E-state index contributed by atoms with van der Waals surface area (Å²) in [6, 6.07) is 1.57. The molecule has 0 radical (unpaired) electrons. The molecule has 136 valence electrons. The predicted octanol–water partition coefficient (Wildman–Crippen LogP) is 1.46. The van der Waals surface area contributed by atoms with E-state index in [0.717, 1.165) is 10.6 Å². The monoisotopic (exact) mass is 359 g/mol. The van der Waals surface area contributed by atoms with E-state index in [1.165, 1.54) is 7.05 Å². The lowest BCUT2D eigenvalue weighted by molar-refractivity contribution is -0.155. The number of fused-ring (bicyclic) bond motifs is 1. The number of aromatic nitrogens is 3. The number of aryl methyl sites for hydroxylation is 1. The topological polar surface area (TPSA) is 83.2 Å². The van der Waals surface area contributed by atoms with Gasteiger partial charge in [-0.1, -0.05) is 0 Å². The number of hydrogen-bond acceptors (Lipinski definition) is 5. The summed E-state index contributed by atoms with van der Waals surface area (Å²) in [4.78, 5) is 39.9. The minimum atomic E-state index is -4.71. The van der Waals surface area contributed by atoms with Gasteiger partial charge in [0.25, 0.3) is 5.56 Å². The number of halogens is 3. The highest BCUT2D eigenvalue weighted by Gasteiger charge is 2.33. The predicted molar refractivity (Wildman–Crippen MR) is 82.1 cm³/mol. The van der Waals surface area contributed by atoms with Crippen LogP contribution in [0.5, 0.6) is 0 Å². The van der Waals surface area contributed by atoms with Crippen LogP contribution in [0, 0.1) is 0 Å². The average Bonchev–Trinajstić information content (AvgIpc) is 2.46. The van der Waals surface area contributed by atoms with Crippen LogP contribution in [0.4, 0.5) is 13.2 Å². The molecule has 0 bridgehead atoms. The van der Waals surface area contributed by atoms with E-state index in [-0.39, 0.29) is 5.39 Å². The molecular formula is C15H16F3N3O4. The van der Waals surface area contributed by atoms with Crippen LogP contribution in [0.25, 0.3) is 11.0 Å². The van der Waals surface area contributed by atoms with Crippen molar-refractivity contribution in [3.8, 4) is 0 Å². The smallest absolute Gasteiger partial charge is 0.433 e. The van der Waals surface area contributed by atoms with Crippen molar-refractivity contribution in [3.05, 3.63) is 38.7 Å². The zero-order valence-electron chi connectivity index (χ0n) is 14.0. The lowest BCUT2D eigenvalue weighted by Gasteiger charge is -2.20. The summed E-state index contributed by atoms with van der Waals surface area (Å²) < 4.78 is 44.7. The average molecular weight is 359 g/mol. The lowest BCUT2D eigenvalue weighted by atomic mass is 10.2. The Morgan fingerprint density at radius 2 is 1.80 bits per heavy atom. The summed E-state index contributed by atoms with van der Waals surface area (Å²) in [6.07, 6.45) is -4.71. The second-order valence-electron chi connectivity index (χ2n) is 6.38. The number of ether oxygens (including phenoxy) is 1. The van der Waals surface area contributed by atoms with Crippen LogP contribution < -0.4 is 11.2 Å². The van der Waals surface area contributed by atoms with Crippen molar-refractivity contribution in [2.24, 2.45) is 7.05 Å².